The Hall–Kier alpha value is -1.29. The van der Waals surface area contributed by atoms with Crippen molar-refractivity contribution in [2.75, 3.05) is 25.6 Å². The zero-order chi connectivity index (χ0) is 13.6. The fraction of sp³-hybridized carbons (Fsp3) is 0.571. The van der Waals surface area contributed by atoms with Gasteiger partial charge in [-0.25, -0.2) is 4.39 Å². The van der Waals surface area contributed by atoms with Crippen LogP contribution in [0.25, 0.3) is 0 Å². The van der Waals surface area contributed by atoms with Crippen molar-refractivity contribution in [3.8, 4) is 5.75 Å². The Morgan fingerprint density at radius 3 is 2.50 bits per heavy atom. The third kappa shape index (κ3) is 3.35. The molecular weight excluding hydrogens is 233 g/mol. The fourth-order valence-corrected chi connectivity index (χ4v) is 1.83. The largest absolute Gasteiger partial charge is 0.497 e. The summed E-state index contributed by atoms with van der Waals surface area (Å²) < 4.78 is 18.7. The van der Waals surface area contributed by atoms with Gasteiger partial charge in [-0.3, -0.25) is 0 Å². The lowest BCUT2D eigenvalue weighted by molar-refractivity contribution is 0.127. The van der Waals surface area contributed by atoms with Crippen molar-refractivity contribution >= 4 is 5.69 Å². The number of aliphatic hydroxyl groups is 1. The van der Waals surface area contributed by atoms with E-state index >= 15 is 0 Å². The molecule has 3 nitrogen and oxygen atoms in total. The highest BCUT2D eigenvalue weighted by molar-refractivity contribution is 5.49. The van der Waals surface area contributed by atoms with Crippen LogP contribution >= 0.6 is 0 Å². The molecule has 0 fully saturated rings. The van der Waals surface area contributed by atoms with Gasteiger partial charge >= 0.3 is 0 Å². The Kier molecular flexibility index (Phi) is 5.41. The van der Waals surface area contributed by atoms with Gasteiger partial charge < -0.3 is 15.2 Å². The van der Waals surface area contributed by atoms with E-state index in [-0.39, 0.29) is 17.8 Å². The monoisotopic (exact) mass is 255 g/mol. The molecule has 0 saturated carbocycles. The number of benzene rings is 1. The lowest BCUT2D eigenvalue weighted by Gasteiger charge is -2.30. The summed E-state index contributed by atoms with van der Waals surface area (Å²) in [6, 6.07) is 4.59. The first-order valence-electron chi connectivity index (χ1n) is 6.29. The van der Waals surface area contributed by atoms with Crippen LogP contribution in [0.2, 0.25) is 0 Å². The van der Waals surface area contributed by atoms with Gasteiger partial charge in [-0.05, 0) is 25.0 Å². The fourth-order valence-electron chi connectivity index (χ4n) is 1.83. The van der Waals surface area contributed by atoms with Crippen LogP contribution in [0.3, 0.4) is 0 Å². The molecule has 0 atom stereocenters. The van der Waals surface area contributed by atoms with E-state index in [1.165, 1.54) is 6.07 Å². The van der Waals surface area contributed by atoms with Gasteiger partial charge in [0.2, 0.25) is 0 Å². The van der Waals surface area contributed by atoms with Crippen molar-refractivity contribution in [1.29, 1.82) is 0 Å². The van der Waals surface area contributed by atoms with Crippen molar-refractivity contribution in [2.45, 2.75) is 26.7 Å². The Morgan fingerprint density at radius 1 is 1.33 bits per heavy atom. The van der Waals surface area contributed by atoms with E-state index in [1.807, 2.05) is 13.8 Å². The van der Waals surface area contributed by atoms with E-state index in [4.69, 9.17) is 4.74 Å². The van der Waals surface area contributed by atoms with E-state index in [0.29, 0.717) is 18.0 Å². The van der Waals surface area contributed by atoms with E-state index in [9.17, 15) is 9.50 Å². The second kappa shape index (κ2) is 6.59. The highest BCUT2D eigenvalue weighted by Gasteiger charge is 2.25. The second-order valence-electron chi connectivity index (χ2n) is 4.56. The lowest BCUT2D eigenvalue weighted by Crippen LogP contribution is -2.32. The maximum atomic E-state index is 13.6. The summed E-state index contributed by atoms with van der Waals surface area (Å²) in [6.45, 7) is 4.70. The minimum Gasteiger partial charge on any atom is -0.497 e. The van der Waals surface area contributed by atoms with E-state index in [0.717, 1.165) is 12.8 Å². The van der Waals surface area contributed by atoms with Gasteiger partial charge in [0.1, 0.15) is 11.6 Å². The van der Waals surface area contributed by atoms with Crippen LogP contribution in [0.15, 0.2) is 18.2 Å². The molecule has 0 amide bonds. The van der Waals surface area contributed by atoms with Crippen molar-refractivity contribution in [1.82, 2.24) is 0 Å². The standard InChI is InChI=1S/C14H22FNO2/c1-4-14(5-2,10-17)9-16-13-8-11(18-3)6-7-12(13)15/h6-8,16-17H,4-5,9-10H2,1-3H3. The van der Waals surface area contributed by atoms with Gasteiger partial charge in [0, 0.05) is 18.0 Å². The molecule has 0 radical (unpaired) electrons. The predicted octanol–water partition coefficient (Wildman–Crippen LogP) is 3.04. The predicted molar refractivity (Wildman–Crippen MR) is 71.5 cm³/mol. The smallest absolute Gasteiger partial charge is 0.146 e. The number of nitrogens with one attached hydrogen (secondary N) is 1. The Balaban J connectivity index is 2.78. The summed E-state index contributed by atoms with van der Waals surface area (Å²) in [6.07, 6.45) is 1.69. The van der Waals surface area contributed by atoms with Crippen LogP contribution in [0, 0.1) is 11.2 Å². The second-order valence-corrected chi connectivity index (χ2v) is 4.56. The number of ether oxygens (including phenoxy) is 1. The Labute approximate surface area is 108 Å². The van der Waals surface area contributed by atoms with Crippen LogP contribution in [0.1, 0.15) is 26.7 Å². The minimum absolute atomic E-state index is 0.0958. The molecule has 0 aromatic heterocycles. The van der Waals surface area contributed by atoms with Gasteiger partial charge in [-0.1, -0.05) is 13.8 Å². The molecule has 1 aromatic rings. The molecular formula is C14H22FNO2. The summed E-state index contributed by atoms with van der Waals surface area (Å²) in [5.41, 5.74) is 0.212. The number of methoxy groups -OCH3 is 1. The van der Waals surface area contributed by atoms with E-state index in [1.54, 1.807) is 19.2 Å². The normalized spacial score (nSPS) is 11.4. The number of anilines is 1. The number of halogens is 1. The summed E-state index contributed by atoms with van der Waals surface area (Å²) in [5.74, 6) is 0.302. The highest BCUT2D eigenvalue weighted by atomic mass is 19.1. The third-order valence-electron chi connectivity index (χ3n) is 3.66. The lowest BCUT2D eigenvalue weighted by atomic mass is 9.83. The van der Waals surface area contributed by atoms with Gasteiger partial charge in [0.15, 0.2) is 0 Å². The highest BCUT2D eigenvalue weighted by Crippen LogP contribution is 2.28. The average Bonchev–Trinajstić information content (AvgIpc) is 2.42. The molecule has 0 spiro atoms. The van der Waals surface area contributed by atoms with Crippen molar-refractivity contribution in [3.05, 3.63) is 24.0 Å². The molecule has 0 bridgehead atoms. The molecule has 18 heavy (non-hydrogen) atoms. The maximum Gasteiger partial charge on any atom is 0.146 e. The maximum absolute atomic E-state index is 13.6. The quantitative estimate of drug-likeness (QED) is 0.787. The molecule has 0 saturated heterocycles. The van der Waals surface area contributed by atoms with E-state index in [2.05, 4.69) is 5.32 Å². The summed E-state index contributed by atoms with van der Waals surface area (Å²) in [5, 5.41) is 12.5. The molecule has 2 N–H and O–H groups in total. The SMILES string of the molecule is CCC(CC)(CO)CNc1cc(OC)ccc1F. The molecule has 0 aliphatic rings. The van der Waals surface area contributed by atoms with Crippen LogP contribution in [0.4, 0.5) is 10.1 Å². The molecule has 0 heterocycles. The molecule has 1 aromatic carbocycles. The van der Waals surface area contributed by atoms with E-state index < -0.39 is 0 Å². The number of rotatable bonds is 7. The number of hydrogen-bond donors (Lipinski definition) is 2. The zero-order valence-corrected chi connectivity index (χ0v) is 11.3. The molecule has 0 aliphatic heterocycles. The zero-order valence-electron chi connectivity index (χ0n) is 11.3. The molecule has 1 rings (SSSR count). The van der Waals surface area contributed by atoms with Gasteiger partial charge in [-0.15, -0.1) is 0 Å². The summed E-state index contributed by atoms with van der Waals surface area (Å²) in [4.78, 5) is 0. The summed E-state index contributed by atoms with van der Waals surface area (Å²) in [7, 11) is 1.55. The van der Waals surface area contributed by atoms with Crippen molar-refractivity contribution in [3.63, 3.8) is 0 Å². The average molecular weight is 255 g/mol. The number of aliphatic hydroxyl groups excluding tert-OH is 1. The minimum atomic E-state index is -0.310. The van der Waals surface area contributed by atoms with Crippen LogP contribution < -0.4 is 10.1 Å². The van der Waals surface area contributed by atoms with Gasteiger partial charge in [-0.2, -0.15) is 0 Å². The Morgan fingerprint density at radius 2 is 2.00 bits per heavy atom. The molecule has 102 valence electrons. The molecule has 0 aliphatic carbocycles. The molecule has 0 unspecified atom stereocenters. The Bertz CT molecular complexity index is 370. The first kappa shape index (κ1) is 14.8. The van der Waals surface area contributed by atoms with Gasteiger partial charge in [0.05, 0.1) is 19.4 Å². The topological polar surface area (TPSA) is 41.5 Å². The van der Waals surface area contributed by atoms with Crippen LogP contribution in [-0.4, -0.2) is 25.4 Å². The summed E-state index contributed by atoms with van der Waals surface area (Å²) >= 11 is 0. The third-order valence-corrected chi connectivity index (χ3v) is 3.66. The van der Waals surface area contributed by atoms with Crippen molar-refractivity contribution in [2.24, 2.45) is 5.41 Å². The van der Waals surface area contributed by atoms with Crippen LogP contribution in [-0.2, 0) is 0 Å². The molecule has 4 heteroatoms. The van der Waals surface area contributed by atoms with Gasteiger partial charge in [0.25, 0.3) is 0 Å². The number of hydrogen-bond acceptors (Lipinski definition) is 3. The first-order valence-corrected chi connectivity index (χ1v) is 6.29. The van der Waals surface area contributed by atoms with Crippen molar-refractivity contribution < 1.29 is 14.2 Å². The van der Waals surface area contributed by atoms with Crippen LogP contribution in [0.5, 0.6) is 5.75 Å². The first-order chi connectivity index (χ1) is 8.60.